The zero-order chi connectivity index (χ0) is 29.8. The fourth-order valence-corrected chi connectivity index (χ4v) is 5.36. The number of nitrogens with one attached hydrogen (secondary N) is 2. The molecule has 0 spiro atoms. The Balaban J connectivity index is 1.39. The number of hydrogen-bond acceptors (Lipinski definition) is 7. The molecule has 0 fully saturated rings. The summed E-state index contributed by atoms with van der Waals surface area (Å²) in [6, 6.07) is 16.3. The summed E-state index contributed by atoms with van der Waals surface area (Å²) < 4.78 is 35.1. The number of carbonyl (C=O) groups is 1. The van der Waals surface area contributed by atoms with Gasteiger partial charge in [0.25, 0.3) is 10.1 Å². The van der Waals surface area contributed by atoms with E-state index in [9.17, 15) is 13.2 Å². The van der Waals surface area contributed by atoms with Crippen LogP contribution in [-0.4, -0.2) is 47.0 Å². The van der Waals surface area contributed by atoms with Gasteiger partial charge in [-0.1, -0.05) is 93.0 Å². The number of unbranched alkanes of at least 4 members (excludes halogenated alkanes) is 8. The van der Waals surface area contributed by atoms with E-state index in [1.54, 1.807) is 37.5 Å². The van der Waals surface area contributed by atoms with E-state index in [-0.39, 0.29) is 17.0 Å². The lowest BCUT2D eigenvalue weighted by atomic mass is 10.1. The fourth-order valence-electron chi connectivity index (χ4n) is 4.35. The highest BCUT2D eigenvalue weighted by molar-refractivity contribution is 7.86. The second-order valence-electron chi connectivity index (χ2n) is 10.4. The Morgan fingerprint density at radius 2 is 1.46 bits per heavy atom. The summed E-state index contributed by atoms with van der Waals surface area (Å²) in [6.07, 6.45) is 13.6. The molecule has 4 N–H and O–H groups in total. The molecular formula is C32H49N3O5S. The van der Waals surface area contributed by atoms with Crippen molar-refractivity contribution in [1.29, 1.82) is 0 Å². The average Bonchev–Trinajstić information content (AvgIpc) is 2.96. The van der Waals surface area contributed by atoms with Gasteiger partial charge in [-0.05, 0) is 63.0 Å². The van der Waals surface area contributed by atoms with Crippen LogP contribution in [0.4, 0.5) is 0 Å². The molecule has 41 heavy (non-hydrogen) atoms. The van der Waals surface area contributed by atoms with Crippen LogP contribution < -0.4 is 16.4 Å². The Hall–Kier alpha value is -2.56. The molecule has 8 nitrogen and oxygen atoms in total. The number of hydrogen-bond donors (Lipinski definition) is 3. The van der Waals surface area contributed by atoms with Crippen molar-refractivity contribution in [3.8, 4) is 0 Å². The summed E-state index contributed by atoms with van der Waals surface area (Å²) in [5, 5.41) is 6.31. The molecule has 0 heterocycles. The molecule has 2 aromatic carbocycles. The first-order chi connectivity index (χ1) is 19.8. The molecule has 1 amide bonds. The van der Waals surface area contributed by atoms with Gasteiger partial charge >= 0.3 is 0 Å². The van der Waals surface area contributed by atoms with Gasteiger partial charge in [-0.3, -0.25) is 4.79 Å². The van der Waals surface area contributed by atoms with Crippen molar-refractivity contribution >= 4 is 22.1 Å². The fraction of sp³-hybridized carbons (Fsp3) is 0.531. The Morgan fingerprint density at radius 1 is 0.854 bits per heavy atom. The Labute approximate surface area is 247 Å². The third-order valence-corrected chi connectivity index (χ3v) is 8.15. The summed E-state index contributed by atoms with van der Waals surface area (Å²) in [5.41, 5.74) is 7.88. The monoisotopic (exact) mass is 587 g/mol. The maximum Gasteiger partial charge on any atom is 0.298 e. The summed E-state index contributed by atoms with van der Waals surface area (Å²) in [5.74, 6) is -0.164. The second-order valence-corrected chi connectivity index (χ2v) is 12.0. The predicted octanol–water partition coefficient (Wildman–Crippen LogP) is 5.67. The van der Waals surface area contributed by atoms with Gasteiger partial charge in [0.2, 0.25) is 5.91 Å². The van der Waals surface area contributed by atoms with E-state index in [0.717, 1.165) is 49.9 Å². The van der Waals surface area contributed by atoms with Crippen LogP contribution in [0.15, 0.2) is 65.6 Å². The first-order valence-electron chi connectivity index (χ1n) is 14.8. The first-order valence-corrected chi connectivity index (χ1v) is 16.2. The third kappa shape index (κ3) is 15.9. The number of amides is 1. The van der Waals surface area contributed by atoms with E-state index in [1.807, 2.05) is 37.3 Å². The summed E-state index contributed by atoms with van der Waals surface area (Å²) in [4.78, 5) is 12.3. The van der Waals surface area contributed by atoms with E-state index in [4.69, 9.17) is 14.7 Å². The molecule has 0 saturated heterocycles. The van der Waals surface area contributed by atoms with E-state index < -0.39 is 16.3 Å². The standard InChI is InChI=1S/C32H49N3O5S/c1-27-18-21-29(22-19-27)41(37,38)40-30(33)17-13-8-6-4-3-5-7-9-14-25-34-26-24-32(39-2)35-31(36)23-20-28-15-11-10-12-16-28/h10-12,15-16,18-23,30,32,34H,3-9,13-14,17,24-26,33H2,1-2H3,(H,35,36)/b23-20+. The van der Waals surface area contributed by atoms with Gasteiger partial charge in [-0.25, -0.2) is 4.18 Å². The molecule has 0 radical (unpaired) electrons. The molecule has 2 unspecified atom stereocenters. The molecule has 0 aliphatic rings. The third-order valence-electron chi connectivity index (χ3n) is 6.80. The van der Waals surface area contributed by atoms with Crippen LogP contribution in [0.2, 0.25) is 0 Å². The number of rotatable bonds is 22. The minimum atomic E-state index is -3.82. The molecule has 0 bridgehead atoms. The predicted molar refractivity (Wildman–Crippen MR) is 165 cm³/mol. The minimum absolute atomic E-state index is 0.141. The van der Waals surface area contributed by atoms with Crippen molar-refractivity contribution in [2.45, 2.75) is 94.9 Å². The van der Waals surface area contributed by atoms with Crippen molar-refractivity contribution in [2.24, 2.45) is 5.73 Å². The SMILES string of the molecule is COC(CCNCCCCCCCCCCCC(N)OS(=O)(=O)c1ccc(C)cc1)NC(=O)/C=C/c1ccccc1. The summed E-state index contributed by atoms with van der Waals surface area (Å²) >= 11 is 0. The molecule has 0 aliphatic carbocycles. The van der Waals surface area contributed by atoms with Crippen molar-refractivity contribution in [2.75, 3.05) is 20.2 Å². The van der Waals surface area contributed by atoms with Gasteiger partial charge < -0.3 is 21.1 Å². The Bertz CT molecular complexity index is 1110. The number of carbonyl (C=O) groups excluding carboxylic acids is 1. The van der Waals surface area contributed by atoms with Gasteiger partial charge in [-0.15, -0.1) is 0 Å². The smallest absolute Gasteiger partial charge is 0.298 e. The molecule has 0 saturated carbocycles. The molecule has 0 aromatic heterocycles. The zero-order valence-electron chi connectivity index (χ0n) is 24.7. The van der Waals surface area contributed by atoms with Gasteiger partial charge in [0.1, 0.15) is 12.5 Å². The van der Waals surface area contributed by atoms with Crippen LogP contribution in [0.3, 0.4) is 0 Å². The van der Waals surface area contributed by atoms with Crippen molar-refractivity contribution in [1.82, 2.24) is 10.6 Å². The topological polar surface area (TPSA) is 120 Å². The molecule has 9 heteroatoms. The molecule has 0 aliphatic heterocycles. The number of nitrogens with two attached hydrogens (primary N) is 1. The van der Waals surface area contributed by atoms with Crippen molar-refractivity contribution in [3.05, 3.63) is 71.8 Å². The van der Waals surface area contributed by atoms with E-state index in [0.29, 0.717) is 12.8 Å². The normalized spacial score (nSPS) is 13.3. The maximum absolute atomic E-state index is 12.3. The van der Waals surface area contributed by atoms with Crippen LogP contribution >= 0.6 is 0 Å². The zero-order valence-corrected chi connectivity index (χ0v) is 25.5. The lowest BCUT2D eigenvalue weighted by Gasteiger charge is -2.16. The molecule has 2 rings (SSSR count). The number of ether oxygens (including phenoxy) is 1. The van der Waals surface area contributed by atoms with E-state index in [2.05, 4.69) is 10.6 Å². The quantitative estimate of drug-likeness (QED) is 0.0703. The molecular weight excluding hydrogens is 538 g/mol. The van der Waals surface area contributed by atoms with Gasteiger partial charge in [-0.2, -0.15) is 8.42 Å². The lowest BCUT2D eigenvalue weighted by Crippen LogP contribution is -2.37. The first kappa shape index (κ1) is 34.6. The van der Waals surface area contributed by atoms with Gasteiger partial charge in [0, 0.05) is 19.6 Å². The van der Waals surface area contributed by atoms with Crippen molar-refractivity contribution in [3.63, 3.8) is 0 Å². The maximum atomic E-state index is 12.3. The highest BCUT2D eigenvalue weighted by Crippen LogP contribution is 2.17. The Morgan fingerprint density at radius 3 is 2.10 bits per heavy atom. The number of benzene rings is 2. The molecule has 2 aromatic rings. The van der Waals surface area contributed by atoms with Crippen LogP contribution in [-0.2, 0) is 23.8 Å². The summed E-state index contributed by atoms with van der Waals surface area (Å²) in [7, 11) is -2.21. The average molecular weight is 588 g/mol. The second kappa shape index (κ2) is 20.3. The molecule has 2 atom stereocenters. The number of aryl methyl sites for hydroxylation is 1. The minimum Gasteiger partial charge on any atom is -0.362 e. The summed E-state index contributed by atoms with van der Waals surface area (Å²) in [6.45, 7) is 3.65. The highest BCUT2D eigenvalue weighted by atomic mass is 32.2. The Kier molecular flexibility index (Phi) is 17.2. The molecule has 228 valence electrons. The lowest BCUT2D eigenvalue weighted by molar-refractivity contribution is -0.120. The van der Waals surface area contributed by atoms with Crippen molar-refractivity contribution < 1.29 is 22.1 Å². The van der Waals surface area contributed by atoms with Gasteiger partial charge in [0.15, 0.2) is 0 Å². The largest absolute Gasteiger partial charge is 0.362 e. The van der Waals surface area contributed by atoms with E-state index >= 15 is 0 Å². The van der Waals surface area contributed by atoms with Crippen LogP contribution in [0, 0.1) is 6.92 Å². The highest BCUT2D eigenvalue weighted by Gasteiger charge is 2.19. The van der Waals surface area contributed by atoms with Crippen LogP contribution in [0.5, 0.6) is 0 Å². The number of methoxy groups -OCH3 is 1. The van der Waals surface area contributed by atoms with Crippen LogP contribution in [0.1, 0.15) is 81.8 Å². The van der Waals surface area contributed by atoms with Gasteiger partial charge in [0.05, 0.1) is 4.90 Å². The van der Waals surface area contributed by atoms with E-state index in [1.165, 1.54) is 38.2 Å². The van der Waals surface area contributed by atoms with Crippen LogP contribution in [0.25, 0.3) is 6.08 Å².